The van der Waals surface area contributed by atoms with Crippen LogP contribution < -0.4 is 10.6 Å². The van der Waals surface area contributed by atoms with Gasteiger partial charge in [0, 0.05) is 12.6 Å². The zero-order valence-electron chi connectivity index (χ0n) is 13.1. The number of ether oxygens (including phenoxy) is 1. The smallest absolute Gasteiger partial charge is 0.332 e. The van der Waals surface area contributed by atoms with Crippen LogP contribution in [0.25, 0.3) is 0 Å². The number of hydrogen-bond donors (Lipinski definition) is 3. The van der Waals surface area contributed by atoms with Gasteiger partial charge in [-0.3, -0.25) is 0 Å². The summed E-state index contributed by atoms with van der Waals surface area (Å²) in [5.74, 6) is -0.926. The lowest BCUT2D eigenvalue weighted by Gasteiger charge is -2.19. The second kappa shape index (κ2) is 9.60. The van der Waals surface area contributed by atoms with Crippen LogP contribution in [0.3, 0.4) is 0 Å². The summed E-state index contributed by atoms with van der Waals surface area (Å²) in [5.41, 5.74) is 0. The molecule has 2 amide bonds. The highest BCUT2D eigenvalue weighted by Crippen LogP contribution is 2.19. The minimum absolute atomic E-state index is 0.188. The summed E-state index contributed by atoms with van der Waals surface area (Å²) in [5, 5.41) is 14.6. The molecule has 1 aliphatic heterocycles. The number of nitrogens with one attached hydrogen (secondary N) is 2. The summed E-state index contributed by atoms with van der Waals surface area (Å²) >= 11 is 0. The summed E-state index contributed by atoms with van der Waals surface area (Å²) in [6.45, 7) is 4.61. The molecule has 0 aromatic carbocycles. The molecule has 0 spiro atoms. The fraction of sp³-hybridized carbons (Fsp3) is 0.867. The second-order valence-electron chi connectivity index (χ2n) is 5.64. The second-order valence-corrected chi connectivity index (χ2v) is 5.64. The molecule has 0 saturated carbocycles. The van der Waals surface area contributed by atoms with E-state index in [1.807, 2.05) is 0 Å². The molecule has 21 heavy (non-hydrogen) atoms. The minimum atomic E-state index is -0.926. The third-order valence-electron chi connectivity index (χ3n) is 3.75. The van der Waals surface area contributed by atoms with Crippen LogP contribution in [0.15, 0.2) is 0 Å². The molecular weight excluding hydrogens is 272 g/mol. The standard InChI is InChI=1S/C15H28N2O4/c1-3-5-7-11(6-4-2)17-15(20)16-10-12-8-9-13(21-12)14(18)19/h11-13H,3-10H2,1-2H3,(H,18,19)(H2,16,17,20). The number of carboxylic acid groups (broad SMARTS) is 1. The van der Waals surface area contributed by atoms with Crippen molar-refractivity contribution in [1.29, 1.82) is 0 Å². The molecule has 1 saturated heterocycles. The molecule has 3 N–H and O–H groups in total. The third kappa shape index (κ3) is 6.80. The van der Waals surface area contributed by atoms with Crippen LogP contribution in [0.1, 0.15) is 58.8 Å². The highest BCUT2D eigenvalue weighted by molar-refractivity contribution is 5.74. The first-order valence-electron chi connectivity index (χ1n) is 7.99. The number of carboxylic acids is 1. The number of carbonyl (C=O) groups excluding carboxylic acids is 1. The molecule has 1 heterocycles. The Bertz CT molecular complexity index is 336. The van der Waals surface area contributed by atoms with Crippen molar-refractivity contribution >= 4 is 12.0 Å². The fourth-order valence-corrected chi connectivity index (χ4v) is 2.57. The molecule has 1 rings (SSSR count). The summed E-state index contributed by atoms with van der Waals surface area (Å²) in [4.78, 5) is 22.6. The molecule has 0 aromatic heterocycles. The quantitative estimate of drug-likeness (QED) is 0.609. The zero-order chi connectivity index (χ0) is 15.7. The monoisotopic (exact) mass is 300 g/mol. The van der Waals surface area contributed by atoms with Gasteiger partial charge in [-0.25, -0.2) is 9.59 Å². The Kier molecular flexibility index (Phi) is 8.12. The van der Waals surface area contributed by atoms with Crippen molar-refractivity contribution in [1.82, 2.24) is 10.6 Å². The van der Waals surface area contributed by atoms with Gasteiger partial charge in [-0.1, -0.05) is 33.1 Å². The van der Waals surface area contributed by atoms with Crippen LogP contribution in [0.2, 0.25) is 0 Å². The SMILES string of the molecule is CCCCC(CCC)NC(=O)NCC1CCC(C(=O)O)O1. The molecule has 122 valence electrons. The molecule has 3 unspecified atom stereocenters. The van der Waals surface area contributed by atoms with E-state index >= 15 is 0 Å². The van der Waals surface area contributed by atoms with E-state index in [1.54, 1.807) is 0 Å². The lowest BCUT2D eigenvalue weighted by atomic mass is 10.1. The van der Waals surface area contributed by atoms with Crippen molar-refractivity contribution in [3.63, 3.8) is 0 Å². The van der Waals surface area contributed by atoms with E-state index in [0.29, 0.717) is 19.4 Å². The van der Waals surface area contributed by atoms with E-state index in [2.05, 4.69) is 24.5 Å². The normalized spacial score (nSPS) is 22.8. The Morgan fingerprint density at radius 1 is 1.24 bits per heavy atom. The Morgan fingerprint density at radius 3 is 2.57 bits per heavy atom. The lowest BCUT2D eigenvalue weighted by Crippen LogP contribution is -2.44. The maximum Gasteiger partial charge on any atom is 0.332 e. The predicted octanol–water partition coefficient (Wildman–Crippen LogP) is 2.28. The molecule has 0 bridgehead atoms. The van der Waals surface area contributed by atoms with Crippen LogP contribution in [-0.2, 0) is 9.53 Å². The van der Waals surface area contributed by atoms with E-state index in [1.165, 1.54) is 0 Å². The van der Waals surface area contributed by atoms with Crippen LogP contribution in [0.5, 0.6) is 0 Å². The van der Waals surface area contributed by atoms with Crippen LogP contribution in [0, 0.1) is 0 Å². The van der Waals surface area contributed by atoms with Gasteiger partial charge < -0.3 is 20.5 Å². The van der Waals surface area contributed by atoms with Gasteiger partial charge in [0.15, 0.2) is 6.10 Å². The van der Waals surface area contributed by atoms with Gasteiger partial charge in [0.25, 0.3) is 0 Å². The van der Waals surface area contributed by atoms with Crippen LogP contribution in [-0.4, -0.2) is 41.9 Å². The highest BCUT2D eigenvalue weighted by atomic mass is 16.5. The number of rotatable bonds is 9. The summed E-state index contributed by atoms with van der Waals surface area (Å²) in [6.07, 6.45) is 5.51. The summed E-state index contributed by atoms with van der Waals surface area (Å²) < 4.78 is 5.35. The molecule has 6 nitrogen and oxygen atoms in total. The van der Waals surface area contributed by atoms with Crippen molar-refractivity contribution in [3.05, 3.63) is 0 Å². The average molecular weight is 300 g/mol. The maximum atomic E-state index is 11.9. The Hall–Kier alpha value is -1.30. The third-order valence-corrected chi connectivity index (χ3v) is 3.75. The average Bonchev–Trinajstić information content (AvgIpc) is 2.92. The van der Waals surface area contributed by atoms with Crippen molar-refractivity contribution in [2.45, 2.75) is 77.0 Å². The van der Waals surface area contributed by atoms with Gasteiger partial charge >= 0.3 is 12.0 Å². The van der Waals surface area contributed by atoms with E-state index in [0.717, 1.165) is 32.1 Å². The molecule has 0 radical (unpaired) electrons. The molecule has 1 aliphatic rings. The Balaban J connectivity index is 2.24. The lowest BCUT2D eigenvalue weighted by molar-refractivity contribution is -0.149. The van der Waals surface area contributed by atoms with E-state index < -0.39 is 12.1 Å². The van der Waals surface area contributed by atoms with Gasteiger partial charge in [0.05, 0.1) is 6.10 Å². The first-order chi connectivity index (χ1) is 10.1. The van der Waals surface area contributed by atoms with E-state index in [4.69, 9.17) is 9.84 Å². The number of urea groups is 1. The summed E-state index contributed by atoms with van der Waals surface area (Å²) in [7, 11) is 0. The number of carbonyl (C=O) groups is 2. The van der Waals surface area contributed by atoms with E-state index in [-0.39, 0.29) is 18.2 Å². The van der Waals surface area contributed by atoms with Gasteiger partial charge in [-0.05, 0) is 25.7 Å². The van der Waals surface area contributed by atoms with Gasteiger partial charge in [0.2, 0.25) is 0 Å². The molecule has 0 aliphatic carbocycles. The Morgan fingerprint density at radius 2 is 2.00 bits per heavy atom. The number of hydrogen-bond acceptors (Lipinski definition) is 3. The van der Waals surface area contributed by atoms with Crippen molar-refractivity contribution in [2.24, 2.45) is 0 Å². The number of aliphatic carboxylic acids is 1. The van der Waals surface area contributed by atoms with Crippen molar-refractivity contribution < 1.29 is 19.4 Å². The number of unbranched alkanes of at least 4 members (excludes halogenated alkanes) is 1. The van der Waals surface area contributed by atoms with Crippen LogP contribution >= 0.6 is 0 Å². The van der Waals surface area contributed by atoms with Crippen LogP contribution in [0.4, 0.5) is 4.79 Å². The first-order valence-corrected chi connectivity index (χ1v) is 7.99. The topological polar surface area (TPSA) is 87.7 Å². The fourth-order valence-electron chi connectivity index (χ4n) is 2.57. The van der Waals surface area contributed by atoms with Crippen molar-refractivity contribution in [2.75, 3.05) is 6.54 Å². The van der Waals surface area contributed by atoms with E-state index in [9.17, 15) is 9.59 Å². The van der Waals surface area contributed by atoms with Gasteiger partial charge in [0.1, 0.15) is 0 Å². The van der Waals surface area contributed by atoms with Crippen molar-refractivity contribution in [3.8, 4) is 0 Å². The first kappa shape index (κ1) is 17.8. The predicted molar refractivity (Wildman–Crippen MR) is 80.3 cm³/mol. The van der Waals surface area contributed by atoms with Gasteiger partial charge in [-0.15, -0.1) is 0 Å². The van der Waals surface area contributed by atoms with Gasteiger partial charge in [-0.2, -0.15) is 0 Å². The Labute approximate surface area is 126 Å². The maximum absolute atomic E-state index is 11.9. The molecule has 1 fully saturated rings. The highest BCUT2D eigenvalue weighted by Gasteiger charge is 2.30. The molecule has 6 heteroatoms. The molecular formula is C15H28N2O4. The largest absolute Gasteiger partial charge is 0.479 e. The zero-order valence-corrected chi connectivity index (χ0v) is 13.1. The number of amides is 2. The molecule has 3 atom stereocenters. The summed E-state index contributed by atoms with van der Waals surface area (Å²) in [6, 6.07) is 0.0261. The minimum Gasteiger partial charge on any atom is -0.479 e. The molecule has 0 aromatic rings.